The van der Waals surface area contributed by atoms with Crippen LogP contribution in [0.15, 0.2) is 0 Å². The Labute approximate surface area is 162 Å². The molecule has 159 valence electrons. The van der Waals surface area contributed by atoms with E-state index >= 15 is 0 Å². The van der Waals surface area contributed by atoms with Gasteiger partial charge in [0.1, 0.15) is 0 Å². The third-order valence-electron chi connectivity index (χ3n) is 0.850. The summed E-state index contributed by atoms with van der Waals surface area (Å²) in [7, 11) is -18.3. The zero-order valence-corrected chi connectivity index (χ0v) is 14.4. The molecule has 0 unspecified atom stereocenters. The molecule has 0 heterocycles. The summed E-state index contributed by atoms with van der Waals surface area (Å²) >= 11 is 0. The molecule has 0 aromatic rings. The molecule has 1 radical (unpaired) electrons. The van der Waals surface area contributed by atoms with Crippen LogP contribution in [0.2, 0.25) is 0 Å². The number of halogens is 9. The first-order valence-electron chi connectivity index (χ1n) is 3.81. The maximum Gasteiger partial charge on any atom is 3.00 e. The van der Waals surface area contributed by atoms with Gasteiger partial charge in [-0.15, -0.1) is 0 Å². The molecule has 0 saturated carbocycles. The molecule has 0 saturated heterocycles. The van der Waals surface area contributed by atoms with Crippen LogP contribution < -0.4 is 0 Å². The molecule has 0 aromatic carbocycles. The van der Waals surface area contributed by atoms with E-state index in [-0.39, 0.29) is 37.3 Å². The molecule has 0 aliphatic carbocycles. The Balaban J connectivity index is -0.000000130. The van der Waals surface area contributed by atoms with E-state index in [0.29, 0.717) is 0 Å². The number of hydrogen-bond donors (Lipinski definition) is 0. The quantitative estimate of drug-likeness (QED) is 0.209. The first kappa shape index (κ1) is 33.0. The van der Waals surface area contributed by atoms with Gasteiger partial charge >= 0.3 is 53.8 Å². The first-order valence-corrected chi connectivity index (χ1v) is 8.04. The summed E-state index contributed by atoms with van der Waals surface area (Å²) in [6, 6.07) is 0. The number of rotatable bonds is 0. The largest absolute Gasteiger partial charge is 3.00 e. The van der Waals surface area contributed by atoms with Crippen molar-refractivity contribution in [3.63, 3.8) is 0 Å². The fourth-order valence-electron chi connectivity index (χ4n) is 0. The summed E-state index contributed by atoms with van der Waals surface area (Å²) in [6.45, 7) is 0. The summed E-state index contributed by atoms with van der Waals surface area (Å²) in [6.07, 6.45) is 0. The molecule has 0 spiro atoms. The average Bonchev–Trinajstić information content (AvgIpc) is 2.08. The molecule has 22 heteroatoms. The monoisotopic (exact) mass is 613 g/mol. The van der Waals surface area contributed by atoms with E-state index < -0.39 is 46.9 Å². The van der Waals surface area contributed by atoms with Crippen LogP contribution in [-0.2, 0) is 30.4 Å². The predicted octanol–water partition coefficient (Wildman–Crippen LogP) is 0.154. The van der Waals surface area contributed by atoms with Gasteiger partial charge in [-0.1, -0.05) is 0 Å². The molecule has 9 nitrogen and oxygen atoms in total. The second-order valence-corrected chi connectivity index (χ2v) is 6.81. The molecule has 0 fully saturated rings. The van der Waals surface area contributed by atoms with E-state index in [0.717, 1.165) is 0 Å². The first-order chi connectivity index (χ1) is 9.75. The molecule has 0 bridgehead atoms. The van der Waals surface area contributed by atoms with Gasteiger partial charge in [-0.2, -0.15) is 39.5 Å². The third-order valence-corrected chi connectivity index (χ3v) is 2.55. The summed E-state index contributed by atoms with van der Waals surface area (Å²) in [5.41, 5.74) is -16.9. The van der Waals surface area contributed by atoms with E-state index in [1.807, 2.05) is 0 Å². The van der Waals surface area contributed by atoms with Gasteiger partial charge in [-0.25, -0.2) is 25.3 Å². The molecule has 0 amide bonds. The summed E-state index contributed by atoms with van der Waals surface area (Å²) in [5.74, 6) is 0. The Morgan fingerprint density at radius 1 is 0.440 bits per heavy atom. The fraction of sp³-hybridized carbons (Fsp3) is 1.00. The molecule has 0 N–H and O–H groups in total. The van der Waals surface area contributed by atoms with Gasteiger partial charge in [0.15, 0.2) is 30.4 Å². The van der Waals surface area contributed by atoms with Gasteiger partial charge in [-0.3, -0.25) is 0 Å². The second kappa shape index (κ2) is 10.0. The summed E-state index contributed by atoms with van der Waals surface area (Å²) < 4.78 is 177. The van der Waals surface area contributed by atoms with Crippen LogP contribution in [0.1, 0.15) is 0 Å². The van der Waals surface area contributed by atoms with Gasteiger partial charge in [-0.05, 0) is 0 Å². The van der Waals surface area contributed by atoms with Crippen LogP contribution in [-0.4, -0.2) is 55.4 Å². The van der Waals surface area contributed by atoms with Gasteiger partial charge in [0, 0.05) is 0 Å². The molecule has 0 aromatic heterocycles. The van der Waals surface area contributed by atoms with Crippen LogP contribution in [0.25, 0.3) is 0 Å². The SMILES string of the molecule is O=S(=O)([O-])C(F)(F)F.O=S(=O)([O-])C(F)(F)F.O=S(=O)([O-])C(F)(F)F.[Er+3]. The van der Waals surface area contributed by atoms with Crippen LogP contribution in [0.3, 0.4) is 0 Å². The standard InChI is InChI=1S/3CHF3O3S.Er/c3*2-1(3,4)8(5,6)7;/h3*(H,5,6,7);/q;;;+3/p-3. The van der Waals surface area contributed by atoms with Crippen LogP contribution >= 0.6 is 0 Å². The Hall–Kier alpha value is 0.347. The van der Waals surface area contributed by atoms with Gasteiger partial charge in [0.25, 0.3) is 0 Å². The Morgan fingerprint density at radius 3 is 0.480 bits per heavy atom. The molecule has 0 aliphatic heterocycles. The van der Waals surface area contributed by atoms with Crippen molar-refractivity contribution in [1.29, 1.82) is 0 Å². The Kier molecular flexibility index (Phi) is 13.2. The third kappa shape index (κ3) is 16.3. The van der Waals surface area contributed by atoms with Crippen molar-refractivity contribution in [2.45, 2.75) is 16.5 Å². The van der Waals surface area contributed by atoms with Crippen LogP contribution in [0.4, 0.5) is 39.5 Å². The minimum atomic E-state index is -6.09. The van der Waals surface area contributed by atoms with Crippen molar-refractivity contribution in [2.75, 3.05) is 0 Å². The fourth-order valence-corrected chi connectivity index (χ4v) is 0. The van der Waals surface area contributed by atoms with E-state index in [1.165, 1.54) is 0 Å². The van der Waals surface area contributed by atoms with Crippen molar-refractivity contribution in [3.8, 4) is 0 Å². The minimum absolute atomic E-state index is 0. The molecule has 0 atom stereocenters. The van der Waals surface area contributed by atoms with Gasteiger partial charge < -0.3 is 13.7 Å². The van der Waals surface area contributed by atoms with E-state index in [2.05, 4.69) is 0 Å². The van der Waals surface area contributed by atoms with Gasteiger partial charge in [0.05, 0.1) is 0 Å². The zero-order chi connectivity index (χ0) is 21.0. The molecule has 25 heavy (non-hydrogen) atoms. The minimum Gasteiger partial charge on any atom is -0.741 e. The molecular weight excluding hydrogens is 614 g/mol. The van der Waals surface area contributed by atoms with Crippen molar-refractivity contribution in [3.05, 3.63) is 0 Å². The van der Waals surface area contributed by atoms with E-state index in [1.54, 1.807) is 0 Å². The van der Waals surface area contributed by atoms with Crippen molar-refractivity contribution >= 4 is 30.4 Å². The number of alkyl halides is 9. The van der Waals surface area contributed by atoms with Crippen molar-refractivity contribution in [2.24, 2.45) is 0 Å². The van der Waals surface area contributed by atoms with Crippen LogP contribution in [0, 0.1) is 37.3 Å². The van der Waals surface area contributed by atoms with E-state index in [4.69, 9.17) is 38.9 Å². The second-order valence-electron chi connectivity index (χ2n) is 2.70. The summed E-state index contributed by atoms with van der Waals surface area (Å²) in [4.78, 5) is 0. The van der Waals surface area contributed by atoms with Crippen LogP contribution in [0.5, 0.6) is 0 Å². The van der Waals surface area contributed by atoms with Crippen molar-refractivity contribution < 1.29 is 116 Å². The zero-order valence-electron chi connectivity index (χ0n) is 10.1. The molecule has 0 aliphatic rings. The topological polar surface area (TPSA) is 172 Å². The molecular formula is C3ErF9O9S3. The normalized spacial score (nSPS) is 13.4. The van der Waals surface area contributed by atoms with E-state index in [9.17, 15) is 39.5 Å². The maximum atomic E-state index is 10.7. The Morgan fingerprint density at radius 2 is 0.480 bits per heavy atom. The Bertz CT molecular complexity index is 596. The number of hydrogen-bond acceptors (Lipinski definition) is 9. The summed E-state index contributed by atoms with van der Waals surface area (Å²) in [5, 5.41) is 0. The smallest absolute Gasteiger partial charge is 0.741 e. The average molecular weight is 614 g/mol. The predicted molar refractivity (Wildman–Crippen MR) is 47.3 cm³/mol. The van der Waals surface area contributed by atoms with Crippen molar-refractivity contribution in [1.82, 2.24) is 0 Å². The maximum absolute atomic E-state index is 10.7. The molecule has 0 rings (SSSR count). The van der Waals surface area contributed by atoms with Gasteiger partial charge in [0.2, 0.25) is 0 Å².